The van der Waals surface area contributed by atoms with Crippen molar-refractivity contribution in [3.05, 3.63) is 71.8 Å². The second-order valence-corrected chi connectivity index (χ2v) is 14.7. The van der Waals surface area contributed by atoms with Gasteiger partial charge in [0.05, 0.1) is 19.6 Å². The van der Waals surface area contributed by atoms with Crippen LogP contribution >= 0.6 is 0 Å². The normalized spacial score (nSPS) is 24.7. The summed E-state index contributed by atoms with van der Waals surface area (Å²) in [6, 6.07) is 19.2. The molecule has 280 valence electrons. The van der Waals surface area contributed by atoms with Gasteiger partial charge < -0.3 is 26.2 Å². The zero-order valence-corrected chi connectivity index (χ0v) is 30.7. The summed E-state index contributed by atoms with van der Waals surface area (Å²) in [7, 11) is 0. The number of carbonyl (C=O) groups excluding carboxylic acids is 6. The Morgan fingerprint density at radius 1 is 0.615 bits per heavy atom. The van der Waals surface area contributed by atoms with Gasteiger partial charge in [-0.1, -0.05) is 93.3 Å². The molecule has 3 aliphatic rings. The maximum absolute atomic E-state index is 15.5. The Labute approximate surface area is 307 Å². The first-order valence-electron chi connectivity index (χ1n) is 18.9. The number of nitrogens with one attached hydrogen (secondary N) is 4. The van der Waals surface area contributed by atoms with Crippen LogP contribution in [-0.4, -0.2) is 95.7 Å². The number of benzene rings is 2. The minimum atomic E-state index is -0.750. The Balaban J connectivity index is 1.69. The quantitative estimate of drug-likeness (QED) is 0.337. The summed E-state index contributed by atoms with van der Waals surface area (Å²) in [5.41, 5.74) is 1.21. The summed E-state index contributed by atoms with van der Waals surface area (Å²) >= 11 is 0. The average molecular weight is 716 g/mol. The molecule has 12 heteroatoms. The van der Waals surface area contributed by atoms with Crippen LogP contribution in [0.4, 0.5) is 0 Å². The Kier molecular flexibility index (Phi) is 13.2. The summed E-state index contributed by atoms with van der Waals surface area (Å²) in [4.78, 5) is 83.9. The maximum atomic E-state index is 15.5. The van der Waals surface area contributed by atoms with E-state index in [0.717, 1.165) is 62.5 Å². The lowest BCUT2D eigenvalue weighted by Crippen LogP contribution is -2.74. The standard InChI is InChI=1S/C40H54N6O6/c1-29(31-15-7-3-8-16-31)40(21-13-6-14-22-40)46(30(2)32-17-9-4-10-18-32)28-38(51)45(33-19-11-5-12-20-33)27-37(50)43-25-35(48)41-23-34(47)42-24-36(49)44-26-39(46)52/h3-4,7-10,15-18,29-30,33H,5-6,11-14,19-28H2,1-2H3,(H3-,41,42,43,44,47,48,49,50)/p+1. The number of carbonyl (C=O) groups is 6. The molecule has 4 N–H and O–H groups in total. The molecular weight excluding hydrogens is 660 g/mol. The third-order valence-corrected chi connectivity index (χ3v) is 11.8. The summed E-state index contributed by atoms with van der Waals surface area (Å²) in [6.45, 7) is 2.19. The maximum Gasteiger partial charge on any atom is 0.334 e. The Hall–Kier alpha value is -4.58. The van der Waals surface area contributed by atoms with Crippen LogP contribution in [0.1, 0.15) is 101 Å². The highest BCUT2D eigenvalue weighted by Gasteiger charge is 2.62. The molecule has 2 saturated carbocycles. The van der Waals surface area contributed by atoms with E-state index in [9.17, 15) is 19.2 Å². The molecule has 2 aromatic carbocycles. The molecule has 3 fully saturated rings. The van der Waals surface area contributed by atoms with Gasteiger partial charge in [0.15, 0.2) is 6.54 Å². The van der Waals surface area contributed by atoms with Crippen LogP contribution in [0.25, 0.3) is 0 Å². The monoisotopic (exact) mass is 715 g/mol. The minimum absolute atomic E-state index is 0.158. The van der Waals surface area contributed by atoms with Gasteiger partial charge in [-0.25, -0.2) is 9.28 Å². The molecule has 0 spiro atoms. The summed E-state index contributed by atoms with van der Waals surface area (Å²) < 4.78 is -0.244. The van der Waals surface area contributed by atoms with Crippen molar-refractivity contribution in [2.75, 3.05) is 39.3 Å². The fraction of sp³-hybridized carbons (Fsp3) is 0.550. The predicted molar refractivity (Wildman–Crippen MR) is 196 cm³/mol. The predicted octanol–water partition coefficient (Wildman–Crippen LogP) is 3.24. The van der Waals surface area contributed by atoms with E-state index in [1.165, 1.54) is 0 Å². The lowest BCUT2D eigenvalue weighted by molar-refractivity contribution is -0.931. The number of amides is 6. The zero-order chi connectivity index (χ0) is 37.1. The van der Waals surface area contributed by atoms with Gasteiger partial charge in [0.25, 0.3) is 5.91 Å². The number of rotatable bonds is 6. The fourth-order valence-electron chi connectivity index (χ4n) is 8.98. The lowest BCUT2D eigenvalue weighted by atomic mass is 9.66. The van der Waals surface area contributed by atoms with Crippen LogP contribution in [0.2, 0.25) is 0 Å². The van der Waals surface area contributed by atoms with E-state index < -0.39 is 41.8 Å². The Bertz CT molecular complexity index is 1570. The second-order valence-electron chi connectivity index (χ2n) is 14.7. The largest absolute Gasteiger partial charge is 0.346 e. The second kappa shape index (κ2) is 17.8. The molecule has 3 unspecified atom stereocenters. The number of hydrogen-bond donors (Lipinski definition) is 4. The van der Waals surface area contributed by atoms with E-state index in [4.69, 9.17) is 0 Å². The van der Waals surface area contributed by atoms with Crippen molar-refractivity contribution in [1.29, 1.82) is 0 Å². The van der Waals surface area contributed by atoms with Gasteiger partial charge in [0, 0.05) is 30.4 Å². The molecule has 1 heterocycles. The van der Waals surface area contributed by atoms with Crippen LogP contribution < -0.4 is 21.3 Å². The van der Waals surface area contributed by atoms with Crippen molar-refractivity contribution < 1.29 is 33.3 Å². The van der Waals surface area contributed by atoms with Gasteiger partial charge in [0.1, 0.15) is 24.7 Å². The molecule has 1 aliphatic heterocycles. The summed E-state index contributed by atoms with van der Waals surface area (Å²) in [5, 5.41) is 10.3. The lowest BCUT2D eigenvalue weighted by Gasteiger charge is -2.58. The van der Waals surface area contributed by atoms with Gasteiger partial charge in [-0.3, -0.25) is 24.0 Å². The highest BCUT2D eigenvalue weighted by molar-refractivity contribution is 5.92. The fourth-order valence-corrected chi connectivity index (χ4v) is 8.98. The molecule has 52 heavy (non-hydrogen) atoms. The highest BCUT2D eigenvalue weighted by Crippen LogP contribution is 2.53. The first kappa shape index (κ1) is 38.6. The average Bonchev–Trinajstić information content (AvgIpc) is 3.18. The highest BCUT2D eigenvalue weighted by atomic mass is 16.2. The molecule has 3 atom stereocenters. The van der Waals surface area contributed by atoms with Crippen LogP contribution in [-0.2, 0) is 28.8 Å². The van der Waals surface area contributed by atoms with Gasteiger partial charge in [0.2, 0.25) is 23.6 Å². The van der Waals surface area contributed by atoms with E-state index in [1.54, 1.807) is 4.90 Å². The molecule has 12 nitrogen and oxygen atoms in total. The van der Waals surface area contributed by atoms with E-state index in [2.05, 4.69) is 40.3 Å². The van der Waals surface area contributed by atoms with Crippen molar-refractivity contribution in [2.24, 2.45) is 0 Å². The molecule has 0 radical (unpaired) electrons. The topological polar surface area (TPSA) is 154 Å². The molecular formula is C40H55N6O6+. The number of nitrogens with zero attached hydrogens (tertiary/aromatic N) is 2. The van der Waals surface area contributed by atoms with Crippen LogP contribution in [0, 0.1) is 0 Å². The van der Waals surface area contributed by atoms with Crippen molar-refractivity contribution in [1.82, 2.24) is 26.2 Å². The van der Waals surface area contributed by atoms with Crippen LogP contribution in [0.15, 0.2) is 60.7 Å². The summed E-state index contributed by atoms with van der Waals surface area (Å²) in [6.07, 6.45) is 8.46. The number of quaternary nitrogens is 1. The molecule has 2 aromatic rings. The van der Waals surface area contributed by atoms with Crippen molar-refractivity contribution in [3.8, 4) is 0 Å². The number of hydrogen-bond acceptors (Lipinski definition) is 6. The van der Waals surface area contributed by atoms with Crippen molar-refractivity contribution in [2.45, 2.75) is 102 Å². The van der Waals surface area contributed by atoms with Gasteiger partial charge in [-0.05, 0) is 38.2 Å². The molecule has 2 aliphatic carbocycles. The SMILES string of the molecule is CC(c1ccccc1)C1([N+]2(C(C)c3ccccc3)CC(=O)N(C3CCCCC3)CC(=O)NCC(=O)NCC(=O)NCC(=O)NCC2=O)CCCCC1. The van der Waals surface area contributed by atoms with Gasteiger partial charge >= 0.3 is 5.91 Å². The third kappa shape index (κ3) is 8.71. The van der Waals surface area contributed by atoms with E-state index in [-0.39, 0.29) is 61.0 Å². The first-order chi connectivity index (χ1) is 25.1. The molecule has 5 rings (SSSR count). The zero-order valence-electron chi connectivity index (χ0n) is 30.7. The summed E-state index contributed by atoms with van der Waals surface area (Å²) in [5.74, 6) is -2.96. The first-order valence-corrected chi connectivity index (χ1v) is 18.9. The third-order valence-electron chi connectivity index (χ3n) is 11.8. The molecule has 0 aromatic heterocycles. The minimum Gasteiger partial charge on any atom is -0.346 e. The van der Waals surface area contributed by atoms with Crippen molar-refractivity contribution >= 4 is 35.4 Å². The Morgan fingerprint density at radius 3 is 1.65 bits per heavy atom. The molecule has 0 bridgehead atoms. The van der Waals surface area contributed by atoms with E-state index in [1.807, 2.05) is 55.5 Å². The Morgan fingerprint density at radius 2 is 1.10 bits per heavy atom. The van der Waals surface area contributed by atoms with Crippen molar-refractivity contribution in [3.63, 3.8) is 0 Å². The molecule has 6 amide bonds. The van der Waals surface area contributed by atoms with E-state index in [0.29, 0.717) is 12.8 Å². The van der Waals surface area contributed by atoms with Gasteiger partial charge in [-0.15, -0.1) is 0 Å². The van der Waals surface area contributed by atoms with E-state index >= 15 is 9.59 Å². The molecule has 1 saturated heterocycles. The van der Waals surface area contributed by atoms with Crippen LogP contribution in [0.3, 0.4) is 0 Å². The van der Waals surface area contributed by atoms with Crippen LogP contribution in [0.5, 0.6) is 0 Å². The van der Waals surface area contributed by atoms with Gasteiger partial charge in [-0.2, -0.15) is 0 Å². The smallest absolute Gasteiger partial charge is 0.334 e.